The van der Waals surface area contributed by atoms with E-state index < -0.39 is 0 Å². The third-order valence-electron chi connectivity index (χ3n) is 11.0. The van der Waals surface area contributed by atoms with Gasteiger partial charge in [-0.1, -0.05) is 162 Å². The van der Waals surface area contributed by atoms with Crippen molar-refractivity contribution in [2.24, 2.45) is 0 Å². The number of benzene rings is 6. The van der Waals surface area contributed by atoms with E-state index in [-0.39, 0.29) is 0 Å². The molecule has 1 aliphatic heterocycles. The Kier molecular flexibility index (Phi) is 9.35. The van der Waals surface area contributed by atoms with Crippen LogP contribution in [0, 0.1) is 27.7 Å². The summed E-state index contributed by atoms with van der Waals surface area (Å²) < 4.78 is 0. The highest BCUT2D eigenvalue weighted by atomic mass is 15.2. The molecule has 1 heterocycles. The number of nitrogens with zero attached hydrogens (tertiary/aromatic N) is 1. The summed E-state index contributed by atoms with van der Waals surface area (Å²) >= 11 is 0. The fourth-order valence-electron chi connectivity index (χ4n) is 8.09. The van der Waals surface area contributed by atoms with Gasteiger partial charge in [0.1, 0.15) is 0 Å². The van der Waals surface area contributed by atoms with E-state index in [0.717, 1.165) is 0 Å². The summed E-state index contributed by atoms with van der Waals surface area (Å²) in [6.45, 7) is 8.58. The molecule has 0 bridgehead atoms. The van der Waals surface area contributed by atoms with Crippen molar-refractivity contribution < 1.29 is 0 Å². The van der Waals surface area contributed by atoms with Gasteiger partial charge in [-0.2, -0.15) is 0 Å². The largest absolute Gasteiger partial charge is 0.338 e. The Morgan fingerprint density at radius 2 is 1.00 bits per heavy atom. The van der Waals surface area contributed by atoms with Crippen molar-refractivity contribution in [3.8, 4) is 0 Å². The van der Waals surface area contributed by atoms with Gasteiger partial charge in [0.25, 0.3) is 0 Å². The lowest BCUT2D eigenvalue weighted by atomic mass is 9.94. The lowest BCUT2D eigenvalue weighted by molar-refractivity contribution is 0.642. The first-order valence-electron chi connectivity index (χ1n) is 18.8. The van der Waals surface area contributed by atoms with Gasteiger partial charge in [0, 0.05) is 23.3 Å². The molecule has 1 saturated carbocycles. The standard InChI is InChI=1S/C51H47N/c1-35-11-22-41(23-12-35)46(42-24-13-36(2)14-25-42)8-5-7-39-21-32-51-49(34-39)47-9-6-10-50(47)52(51)45-30-19-40(20-31-45)33-48(43-26-15-37(3)16-27-43)44-28-17-38(4)18-29-44/h5,7-8,11-34,47,50H,6,9-10H2,1-4H3. The maximum atomic E-state index is 2.63. The number of hydrogen-bond acceptors (Lipinski definition) is 1. The van der Waals surface area contributed by atoms with E-state index in [9.17, 15) is 0 Å². The second-order valence-corrected chi connectivity index (χ2v) is 14.8. The second-order valence-electron chi connectivity index (χ2n) is 14.8. The molecule has 0 aromatic heterocycles. The molecule has 8 rings (SSSR count). The molecule has 256 valence electrons. The van der Waals surface area contributed by atoms with Crippen LogP contribution >= 0.6 is 0 Å². The Labute approximate surface area is 310 Å². The first-order chi connectivity index (χ1) is 25.4. The molecule has 0 spiro atoms. The Morgan fingerprint density at radius 1 is 0.519 bits per heavy atom. The molecule has 6 aromatic rings. The minimum Gasteiger partial charge on any atom is -0.338 e. The zero-order chi connectivity index (χ0) is 35.6. The van der Waals surface area contributed by atoms with Crippen LogP contribution in [0.1, 0.15) is 86.4 Å². The molecule has 1 heteroatoms. The Balaban J connectivity index is 1.08. The third-order valence-corrected chi connectivity index (χ3v) is 11.0. The topological polar surface area (TPSA) is 3.24 Å². The Bertz CT molecular complexity index is 2170. The molecule has 52 heavy (non-hydrogen) atoms. The first-order valence-corrected chi connectivity index (χ1v) is 18.8. The number of allylic oxidation sites excluding steroid dienone is 2. The minimum absolute atomic E-state index is 0.515. The zero-order valence-electron chi connectivity index (χ0n) is 30.8. The molecular weight excluding hydrogens is 627 g/mol. The maximum Gasteiger partial charge on any atom is 0.0450 e. The van der Waals surface area contributed by atoms with Crippen LogP contribution in [0.5, 0.6) is 0 Å². The molecular formula is C51H47N. The Morgan fingerprint density at radius 3 is 1.52 bits per heavy atom. The fourth-order valence-corrected chi connectivity index (χ4v) is 8.09. The normalized spacial score (nSPS) is 16.1. The fraction of sp³-hybridized carbons (Fsp3) is 0.176. The van der Waals surface area contributed by atoms with Crippen molar-refractivity contribution >= 4 is 34.7 Å². The summed E-state index contributed by atoms with van der Waals surface area (Å²) in [7, 11) is 0. The van der Waals surface area contributed by atoms with Crippen molar-refractivity contribution in [1.29, 1.82) is 0 Å². The van der Waals surface area contributed by atoms with Gasteiger partial charge in [0.15, 0.2) is 0 Å². The van der Waals surface area contributed by atoms with E-state index in [1.807, 2.05) is 0 Å². The van der Waals surface area contributed by atoms with E-state index in [2.05, 4.69) is 196 Å². The molecule has 1 aliphatic carbocycles. The average molecular weight is 674 g/mol. The van der Waals surface area contributed by atoms with Gasteiger partial charge >= 0.3 is 0 Å². The molecule has 2 atom stereocenters. The molecule has 0 saturated heterocycles. The Hall–Kier alpha value is -5.66. The summed E-state index contributed by atoms with van der Waals surface area (Å²) in [5, 5.41) is 0. The van der Waals surface area contributed by atoms with Crippen molar-refractivity contribution in [1.82, 2.24) is 0 Å². The van der Waals surface area contributed by atoms with E-state index in [1.54, 1.807) is 0 Å². The van der Waals surface area contributed by atoms with Crippen LogP contribution in [0.15, 0.2) is 152 Å². The van der Waals surface area contributed by atoms with E-state index in [4.69, 9.17) is 0 Å². The molecule has 0 N–H and O–H groups in total. The molecule has 0 radical (unpaired) electrons. The van der Waals surface area contributed by atoms with Crippen LogP contribution in [0.25, 0.3) is 23.3 Å². The highest BCUT2D eigenvalue weighted by Crippen LogP contribution is 2.52. The summed E-state index contributed by atoms with van der Waals surface area (Å²) in [4.78, 5) is 2.63. The third kappa shape index (κ3) is 6.97. The number of anilines is 2. The molecule has 2 aliphatic rings. The minimum atomic E-state index is 0.515. The van der Waals surface area contributed by atoms with Crippen molar-refractivity contribution in [2.75, 3.05) is 4.90 Å². The smallest absolute Gasteiger partial charge is 0.0450 e. The van der Waals surface area contributed by atoms with Crippen molar-refractivity contribution in [3.05, 3.63) is 213 Å². The molecule has 0 amide bonds. The quantitative estimate of drug-likeness (QED) is 0.115. The van der Waals surface area contributed by atoms with Crippen molar-refractivity contribution in [2.45, 2.75) is 58.9 Å². The monoisotopic (exact) mass is 673 g/mol. The van der Waals surface area contributed by atoms with Gasteiger partial charge in [0.05, 0.1) is 0 Å². The number of aryl methyl sites for hydroxylation is 4. The van der Waals surface area contributed by atoms with Crippen molar-refractivity contribution in [3.63, 3.8) is 0 Å². The average Bonchev–Trinajstić information content (AvgIpc) is 3.76. The lowest BCUT2D eigenvalue weighted by Crippen LogP contribution is -2.26. The van der Waals surface area contributed by atoms with Gasteiger partial charge in [-0.15, -0.1) is 0 Å². The van der Waals surface area contributed by atoms with Crippen LogP contribution < -0.4 is 4.90 Å². The van der Waals surface area contributed by atoms with E-state index in [1.165, 1.54) is 103 Å². The zero-order valence-corrected chi connectivity index (χ0v) is 30.8. The number of hydrogen-bond donors (Lipinski definition) is 0. The van der Waals surface area contributed by atoms with Crippen LogP contribution in [-0.4, -0.2) is 6.04 Å². The summed E-state index contributed by atoms with van der Waals surface area (Å²) in [5.41, 5.74) is 19.2. The van der Waals surface area contributed by atoms with Crippen LogP contribution in [0.2, 0.25) is 0 Å². The van der Waals surface area contributed by atoms with E-state index >= 15 is 0 Å². The predicted molar refractivity (Wildman–Crippen MR) is 223 cm³/mol. The summed E-state index contributed by atoms with van der Waals surface area (Å²) in [6, 6.07) is 52.4. The summed E-state index contributed by atoms with van der Waals surface area (Å²) in [6.07, 6.45) is 12.9. The van der Waals surface area contributed by atoms with Gasteiger partial charge in [0.2, 0.25) is 0 Å². The number of fused-ring (bicyclic) bond motifs is 3. The summed E-state index contributed by atoms with van der Waals surface area (Å²) in [5.74, 6) is 0.573. The predicted octanol–water partition coefficient (Wildman–Crippen LogP) is 13.4. The van der Waals surface area contributed by atoms with Gasteiger partial charge in [-0.3, -0.25) is 0 Å². The highest BCUT2D eigenvalue weighted by Gasteiger charge is 2.42. The van der Waals surface area contributed by atoms with Crippen LogP contribution in [-0.2, 0) is 0 Å². The van der Waals surface area contributed by atoms with Crippen LogP contribution in [0.4, 0.5) is 11.4 Å². The van der Waals surface area contributed by atoms with E-state index in [0.29, 0.717) is 12.0 Å². The van der Waals surface area contributed by atoms with Gasteiger partial charge in [-0.25, -0.2) is 0 Å². The first kappa shape index (κ1) is 33.5. The SMILES string of the molecule is Cc1ccc(C(=CC=Cc2ccc3c(c2)C2CCCC2N3c2ccc(C=C(c3ccc(C)cc3)c3ccc(C)cc3)cc2)c2ccc(C)cc2)cc1. The number of rotatable bonds is 8. The molecule has 1 fully saturated rings. The van der Waals surface area contributed by atoms with Gasteiger partial charge < -0.3 is 4.90 Å². The maximum absolute atomic E-state index is 2.63. The van der Waals surface area contributed by atoms with Gasteiger partial charge in [-0.05, 0) is 121 Å². The molecule has 1 nitrogen and oxygen atoms in total. The highest BCUT2D eigenvalue weighted by molar-refractivity contribution is 5.92. The molecule has 2 unspecified atom stereocenters. The second kappa shape index (κ2) is 14.5. The van der Waals surface area contributed by atoms with Crippen LogP contribution in [0.3, 0.4) is 0 Å². The molecule has 6 aromatic carbocycles. The lowest BCUT2D eigenvalue weighted by Gasteiger charge is -2.27.